The number of halogens is 2. The molecule has 0 bridgehead atoms. The summed E-state index contributed by atoms with van der Waals surface area (Å²) in [5.41, 5.74) is 0. The third kappa shape index (κ3) is 3.44. The molecule has 2 rings (SSSR count). The van der Waals surface area contributed by atoms with E-state index in [2.05, 4.69) is 5.32 Å². The topological polar surface area (TPSA) is 49.4 Å². The van der Waals surface area contributed by atoms with E-state index in [4.69, 9.17) is 0 Å². The first-order chi connectivity index (χ1) is 9.08. The lowest BCUT2D eigenvalue weighted by molar-refractivity contribution is -0.124. The minimum atomic E-state index is -0.876. The van der Waals surface area contributed by atoms with Crippen molar-refractivity contribution in [2.45, 2.75) is 11.3 Å². The normalized spacial score (nSPS) is 14.9. The number of imide groups is 1. The number of hydrogen-bond acceptors (Lipinski definition) is 3. The summed E-state index contributed by atoms with van der Waals surface area (Å²) in [6.45, 7) is 0.385. The highest BCUT2D eigenvalue weighted by molar-refractivity contribution is 7.99. The van der Waals surface area contributed by atoms with Crippen molar-refractivity contribution in [1.29, 1.82) is 0 Å². The summed E-state index contributed by atoms with van der Waals surface area (Å²) >= 11 is 1.35. The van der Waals surface area contributed by atoms with Crippen molar-refractivity contribution in [1.82, 2.24) is 10.2 Å². The predicted molar refractivity (Wildman–Crippen MR) is 66.8 cm³/mol. The highest BCUT2D eigenvalue weighted by Gasteiger charge is 2.27. The molecule has 1 aliphatic heterocycles. The van der Waals surface area contributed by atoms with Gasteiger partial charge in [-0.1, -0.05) is 0 Å². The van der Waals surface area contributed by atoms with Gasteiger partial charge in [0.2, 0.25) is 5.91 Å². The smallest absolute Gasteiger partial charge is 0.324 e. The minimum Gasteiger partial charge on any atom is -0.329 e. The lowest BCUT2D eigenvalue weighted by Crippen LogP contribution is -2.32. The van der Waals surface area contributed by atoms with E-state index in [1.807, 2.05) is 0 Å². The molecule has 0 aliphatic carbocycles. The molecule has 1 saturated heterocycles. The van der Waals surface area contributed by atoms with E-state index in [1.165, 1.54) is 17.8 Å². The first-order valence-corrected chi connectivity index (χ1v) is 6.72. The fraction of sp³-hybridized carbons (Fsp3) is 0.333. The third-order valence-corrected chi connectivity index (χ3v) is 3.70. The summed E-state index contributed by atoms with van der Waals surface area (Å²) in [6.07, 6.45) is 0.600. The molecule has 1 aromatic carbocycles. The van der Waals surface area contributed by atoms with E-state index in [9.17, 15) is 18.4 Å². The molecule has 102 valence electrons. The molecular weight excluding hydrogens is 274 g/mol. The second kappa shape index (κ2) is 6.01. The summed E-state index contributed by atoms with van der Waals surface area (Å²) in [5, 5.41) is 2.43. The number of nitrogens with one attached hydrogen (secondary N) is 1. The summed E-state index contributed by atoms with van der Waals surface area (Å²) in [7, 11) is 0. The number of carbonyl (C=O) groups is 2. The molecule has 0 aromatic heterocycles. The zero-order chi connectivity index (χ0) is 13.8. The maximum absolute atomic E-state index is 12.9. The summed E-state index contributed by atoms with van der Waals surface area (Å²) in [5.74, 6) is -1.37. The van der Waals surface area contributed by atoms with Crippen LogP contribution in [0.1, 0.15) is 6.42 Å². The van der Waals surface area contributed by atoms with Crippen LogP contribution in [0.3, 0.4) is 0 Å². The summed E-state index contributed by atoms with van der Waals surface area (Å²) < 4.78 is 25.6. The second-order valence-corrected chi connectivity index (χ2v) is 5.15. The molecule has 1 aromatic rings. The second-order valence-electron chi connectivity index (χ2n) is 3.98. The lowest BCUT2D eigenvalue weighted by atomic mass is 10.3. The predicted octanol–water partition coefficient (Wildman–Crippen LogP) is 2.00. The Morgan fingerprint density at radius 2 is 2.05 bits per heavy atom. The number of urea groups is 1. The molecular formula is C12H12F2N2O2S. The van der Waals surface area contributed by atoms with Gasteiger partial charge in [-0.2, -0.15) is 0 Å². The fourth-order valence-electron chi connectivity index (χ4n) is 1.66. The number of rotatable bonds is 5. The van der Waals surface area contributed by atoms with Crippen LogP contribution in [0.4, 0.5) is 13.6 Å². The molecule has 0 unspecified atom stereocenters. The number of thioether (sulfide) groups is 1. The third-order valence-electron chi connectivity index (χ3n) is 2.62. The highest BCUT2D eigenvalue weighted by atomic mass is 32.2. The molecule has 4 nitrogen and oxygen atoms in total. The van der Waals surface area contributed by atoms with Gasteiger partial charge < -0.3 is 5.32 Å². The Labute approximate surface area is 113 Å². The van der Waals surface area contributed by atoms with Gasteiger partial charge in [0.05, 0.1) is 6.54 Å². The van der Waals surface area contributed by atoms with Crippen LogP contribution in [0, 0.1) is 11.6 Å². The molecule has 0 spiro atoms. The van der Waals surface area contributed by atoms with E-state index in [1.54, 1.807) is 0 Å². The maximum Gasteiger partial charge on any atom is 0.324 e. The van der Waals surface area contributed by atoms with Gasteiger partial charge in [0.25, 0.3) is 0 Å². The molecule has 3 amide bonds. The molecule has 0 saturated carbocycles. The zero-order valence-corrected chi connectivity index (χ0v) is 10.8. The maximum atomic E-state index is 12.9. The van der Waals surface area contributed by atoms with E-state index in [0.29, 0.717) is 23.6 Å². The van der Waals surface area contributed by atoms with Gasteiger partial charge in [-0.3, -0.25) is 9.69 Å². The van der Waals surface area contributed by atoms with Crippen molar-refractivity contribution in [3.8, 4) is 0 Å². The Bertz CT molecular complexity index is 495. The average molecular weight is 286 g/mol. The molecule has 1 fully saturated rings. The largest absolute Gasteiger partial charge is 0.329 e. The van der Waals surface area contributed by atoms with Crippen molar-refractivity contribution in [3.63, 3.8) is 0 Å². The Balaban J connectivity index is 1.76. The van der Waals surface area contributed by atoms with Crippen molar-refractivity contribution < 1.29 is 18.4 Å². The van der Waals surface area contributed by atoms with Crippen LogP contribution in [-0.2, 0) is 4.79 Å². The Kier molecular flexibility index (Phi) is 4.36. The van der Waals surface area contributed by atoms with Crippen molar-refractivity contribution in [2.75, 3.05) is 18.8 Å². The van der Waals surface area contributed by atoms with Crippen molar-refractivity contribution >= 4 is 23.7 Å². The van der Waals surface area contributed by atoms with Gasteiger partial charge in [0, 0.05) is 11.4 Å². The van der Waals surface area contributed by atoms with Gasteiger partial charge in [-0.25, -0.2) is 13.6 Å². The van der Waals surface area contributed by atoms with Crippen molar-refractivity contribution in [3.05, 3.63) is 29.8 Å². The van der Waals surface area contributed by atoms with Gasteiger partial charge in [0.15, 0.2) is 11.6 Å². The van der Waals surface area contributed by atoms with Crippen LogP contribution < -0.4 is 5.32 Å². The van der Waals surface area contributed by atoms with Gasteiger partial charge >= 0.3 is 6.03 Å². The number of hydrogen-bond donors (Lipinski definition) is 1. The first kappa shape index (κ1) is 13.8. The number of carbonyl (C=O) groups excluding carboxylic acids is 2. The molecule has 0 atom stereocenters. The monoisotopic (exact) mass is 286 g/mol. The van der Waals surface area contributed by atoms with E-state index in [0.717, 1.165) is 17.0 Å². The highest BCUT2D eigenvalue weighted by Crippen LogP contribution is 2.21. The van der Waals surface area contributed by atoms with Crippen LogP contribution in [0.25, 0.3) is 0 Å². The summed E-state index contributed by atoms with van der Waals surface area (Å²) in [6, 6.07) is 3.34. The first-order valence-electron chi connectivity index (χ1n) is 5.74. The standard InChI is InChI=1S/C12H12F2N2O2S/c13-9-3-2-8(6-10(9)14)19-5-1-4-16-11(17)7-15-12(16)18/h2-3,6H,1,4-5,7H2,(H,15,18). The number of benzene rings is 1. The fourth-order valence-corrected chi connectivity index (χ4v) is 2.52. The van der Waals surface area contributed by atoms with Crippen LogP contribution >= 0.6 is 11.8 Å². The summed E-state index contributed by atoms with van der Waals surface area (Å²) in [4.78, 5) is 24.3. The number of amides is 3. The SMILES string of the molecule is O=C1CNC(=O)N1CCCSc1ccc(F)c(F)c1. The molecule has 7 heteroatoms. The van der Waals surface area contributed by atoms with Gasteiger partial charge in [0.1, 0.15) is 0 Å². The molecule has 1 heterocycles. The molecule has 1 N–H and O–H groups in total. The van der Waals surface area contributed by atoms with E-state index >= 15 is 0 Å². The quantitative estimate of drug-likeness (QED) is 0.511. The Morgan fingerprint density at radius 3 is 2.68 bits per heavy atom. The minimum absolute atomic E-state index is 0.0507. The molecule has 19 heavy (non-hydrogen) atoms. The van der Waals surface area contributed by atoms with Crippen LogP contribution in [-0.4, -0.2) is 35.7 Å². The van der Waals surface area contributed by atoms with E-state index < -0.39 is 11.6 Å². The van der Waals surface area contributed by atoms with Crippen LogP contribution in [0.2, 0.25) is 0 Å². The van der Waals surface area contributed by atoms with Crippen molar-refractivity contribution in [2.24, 2.45) is 0 Å². The van der Waals surface area contributed by atoms with Gasteiger partial charge in [-0.15, -0.1) is 11.8 Å². The lowest BCUT2D eigenvalue weighted by Gasteiger charge is -2.11. The van der Waals surface area contributed by atoms with Gasteiger partial charge in [-0.05, 0) is 30.4 Å². The van der Waals surface area contributed by atoms with Crippen LogP contribution in [0.15, 0.2) is 23.1 Å². The Morgan fingerprint density at radius 1 is 1.26 bits per heavy atom. The molecule has 1 aliphatic rings. The molecule has 0 radical (unpaired) electrons. The zero-order valence-electron chi connectivity index (χ0n) is 9.99. The Hall–Kier alpha value is -1.63. The van der Waals surface area contributed by atoms with E-state index in [-0.39, 0.29) is 18.5 Å². The average Bonchev–Trinajstić information content (AvgIpc) is 2.70. The number of nitrogens with zero attached hydrogens (tertiary/aromatic N) is 1. The van der Waals surface area contributed by atoms with Crippen LogP contribution in [0.5, 0.6) is 0 Å².